The van der Waals surface area contributed by atoms with Gasteiger partial charge in [-0.05, 0) is 12.1 Å². The molecule has 0 bridgehead atoms. The summed E-state index contributed by atoms with van der Waals surface area (Å²) in [5.41, 5.74) is 7.41. The van der Waals surface area contributed by atoms with Gasteiger partial charge in [-0.3, -0.25) is 0 Å². The number of rotatable bonds is 0. The Labute approximate surface area is 115 Å². The van der Waals surface area contributed by atoms with Gasteiger partial charge in [-0.15, -0.1) is 0 Å². The average Bonchev–Trinajstić information content (AvgIpc) is 2.35. The molecule has 0 atom stereocenters. The fourth-order valence-electron chi connectivity index (χ4n) is 2.39. The van der Waals surface area contributed by atoms with Crippen LogP contribution in [-0.4, -0.2) is 24.6 Å². The number of hydrogen-bond donors (Lipinski definition) is 2. The quantitative estimate of drug-likeness (QED) is 0.771. The van der Waals surface area contributed by atoms with Crippen LogP contribution in [0.2, 0.25) is 10.0 Å². The molecule has 18 heavy (non-hydrogen) atoms. The van der Waals surface area contributed by atoms with Crippen LogP contribution in [-0.2, 0) is 4.74 Å². The fraction of sp³-hybridized carbons (Fsp3) is 0.417. The Kier molecular flexibility index (Phi) is 2.88. The van der Waals surface area contributed by atoms with E-state index in [-0.39, 0.29) is 5.54 Å². The normalized spacial score (nSPS) is 21.1. The summed E-state index contributed by atoms with van der Waals surface area (Å²) in [5.74, 6) is 0.594. The molecule has 2 heterocycles. The van der Waals surface area contributed by atoms with Gasteiger partial charge in [0.15, 0.2) is 0 Å². The monoisotopic (exact) mass is 285 g/mol. The zero-order valence-corrected chi connectivity index (χ0v) is 11.2. The second-order valence-electron chi connectivity index (χ2n) is 4.60. The topological polar surface area (TPSA) is 59.6 Å². The highest BCUT2D eigenvalue weighted by Crippen LogP contribution is 2.41. The van der Waals surface area contributed by atoms with Crippen LogP contribution in [0.25, 0.3) is 0 Å². The maximum Gasteiger partial charge on any atom is 0.126 e. The van der Waals surface area contributed by atoms with Crippen LogP contribution in [0.15, 0.2) is 17.1 Å². The van der Waals surface area contributed by atoms with Gasteiger partial charge in [-0.25, -0.2) is 4.99 Å². The zero-order valence-electron chi connectivity index (χ0n) is 9.67. The maximum absolute atomic E-state index is 6.10. The van der Waals surface area contributed by atoms with Gasteiger partial charge in [0, 0.05) is 26.1 Å². The van der Waals surface area contributed by atoms with Crippen LogP contribution in [0.5, 0.6) is 0 Å². The number of hydrogen-bond acceptors (Lipinski definition) is 4. The van der Waals surface area contributed by atoms with Gasteiger partial charge in [-0.2, -0.15) is 0 Å². The molecular weight excluding hydrogens is 273 g/mol. The number of benzene rings is 1. The number of ether oxygens (including phenoxy) is 1. The van der Waals surface area contributed by atoms with E-state index in [0.29, 0.717) is 29.1 Å². The molecule has 3 rings (SSSR count). The summed E-state index contributed by atoms with van der Waals surface area (Å²) in [7, 11) is 0. The van der Waals surface area contributed by atoms with Crippen LogP contribution >= 0.6 is 23.2 Å². The number of anilines is 1. The van der Waals surface area contributed by atoms with Crippen LogP contribution in [0.1, 0.15) is 12.8 Å². The molecule has 1 saturated heterocycles. The largest absolute Gasteiger partial charge is 0.385 e. The standard InChI is InChI=1S/C12H13Cl2N3O/c13-7-5-9-10(6-8(7)14)17-12(11(15)16-9)1-3-18-4-2-12/h5-6,17H,1-4H2,(H2,15,16). The predicted octanol–water partition coefficient (Wildman–Crippen LogP) is 2.96. The van der Waals surface area contributed by atoms with E-state index in [2.05, 4.69) is 10.3 Å². The highest BCUT2D eigenvalue weighted by Gasteiger charge is 2.39. The number of halogens is 2. The first-order chi connectivity index (χ1) is 8.61. The number of nitrogens with one attached hydrogen (secondary N) is 1. The van der Waals surface area contributed by atoms with Crippen molar-refractivity contribution in [2.24, 2.45) is 10.7 Å². The second-order valence-corrected chi connectivity index (χ2v) is 5.41. The lowest BCUT2D eigenvalue weighted by Gasteiger charge is -2.40. The van der Waals surface area contributed by atoms with Gasteiger partial charge in [-0.1, -0.05) is 23.2 Å². The van der Waals surface area contributed by atoms with Crippen molar-refractivity contribution in [3.8, 4) is 0 Å². The molecule has 6 heteroatoms. The summed E-state index contributed by atoms with van der Waals surface area (Å²) in [4.78, 5) is 4.46. The highest BCUT2D eigenvalue weighted by molar-refractivity contribution is 6.42. The smallest absolute Gasteiger partial charge is 0.126 e. The molecule has 0 unspecified atom stereocenters. The van der Waals surface area contributed by atoms with E-state index in [4.69, 9.17) is 33.7 Å². The molecule has 0 amide bonds. The van der Waals surface area contributed by atoms with Crippen LogP contribution < -0.4 is 11.1 Å². The van der Waals surface area contributed by atoms with Gasteiger partial charge in [0.2, 0.25) is 0 Å². The van der Waals surface area contributed by atoms with Crippen molar-refractivity contribution < 1.29 is 4.74 Å². The maximum atomic E-state index is 6.10. The summed E-state index contributed by atoms with van der Waals surface area (Å²) < 4.78 is 5.38. The van der Waals surface area contributed by atoms with E-state index < -0.39 is 0 Å². The third kappa shape index (κ3) is 1.85. The fourth-order valence-corrected chi connectivity index (χ4v) is 2.71. The SMILES string of the molecule is NC1=Nc2cc(Cl)c(Cl)cc2NC12CCOCC2. The molecule has 2 aliphatic heterocycles. The summed E-state index contributed by atoms with van der Waals surface area (Å²) in [6, 6.07) is 3.53. The number of nitrogens with two attached hydrogens (primary N) is 1. The number of amidine groups is 1. The molecule has 0 aromatic heterocycles. The van der Waals surface area contributed by atoms with Gasteiger partial charge >= 0.3 is 0 Å². The molecule has 0 saturated carbocycles. The van der Waals surface area contributed by atoms with Crippen molar-refractivity contribution in [1.29, 1.82) is 0 Å². The number of nitrogens with zero attached hydrogens (tertiary/aromatic N) is 1. The predicted molar refractivity (Wildman–Crippen MR) is 74.2 cm³/mol. The van der Waals surface area contributed by atoms with Crippen molar-refractivity contribution in [2.75, 3.05) is 18.5 Å². The summed E-state index contributed by atoms with van der Waals surface area (Å²) in [5, 5.41) is 4.45. The van der Waals surface area contributed by atoms with Crippen molar-refractivity contribution in [1.82, 2.24) is 0 Å². The zero-order chi connectivity index (χ0) is 12.8. The van der Waals surface area contributed by atoms with Crippen molar-refractivity contribution in [2.45, 2.75) is 18.4 Å². The molecule has 1 fully saturated rings. The Balaban J connectivity index is 2.05. The van der Waals surface area contributed by atoms with E-state index >= 15 is 0 Å². The summed E-state index contributed by atoms with van der Waals surface area (Å²) >= 11 is 12.0. The van der Waals surface area contributed by atoms with E-state index in [1.54, 1.807) is 12.1 Å². The highest BCUT2D eigenvalue weighted by atomic mass is 35.5. The van der Waals surface area contributed by atoms with Crippen LogP contribution in [0.3, 0.4) is 0 Å². The third-order valence-corrected chi connectivity index (χ3v) is 4.21. The van der Waals surface area contributed by atoms with Gasteiger partial charge < -0.3 is 15.8 Å². The van der Waals surface area contributed by atoms with Crippen LogP contribution in [0, 0.1) is 0 Å². The summed E-state index contributed by atoms with van der Waals surface area (Å²) in [6.45, 7) is 1.36. The first-order valence-corrected chi connectivity index (χ1v) is 6.56. The van der Waals surface area contributed by atoms with Crippen molar-refractivity contribution in [3.05, 3.63) is 22.2 Å². The molecule has 1 aromatic carbocycles. The Morgan fingerprint density at radius 3 is 2.61 bits per heavy atom. The van der Waals surface area contributed by atoms with E-state index in [9.17, 15) is 0 Å². The lowest BCUT2D eigenvalue weighted by Crippen LogP contribution is -2.55. The van der Waals surface area contributed by atoms with Crippen LogP contribution in [0.4, 0.5) is 11.4 Å². The molecule has 2 aliphatic rings. The van der Waals surface area contributed by atoms with E-state index in [0.717, 1.165) is 24.2 Å². The molecule has 3 N–H and O–H groups in total. The minimum Gasteiger partial charge on any atom is -0.385 e. The second kappa shape index (κ2) is 4.30. The minimum absolute atomic E-state index is 0.303. The first-order valence-electron chi connectivity index (χ1n) is 5.80. The Bertz CT molecular complexity index is 524. The molecule has 4 nitrogen and oxygen atoms in total. The van der Waals surface area contributed by atoms with Gasteiger partial charge in [0.05, 0.1) is 27.0 Å². The molecule has 96 valence electrons. The van der Waals surface area contributed by atoms with E-state index in [1.807, 2.05) is 0 Å². The molecule has 1 spiro atoms. The minimum atomic E-state index is -0.303. The number of fused-ring (bicyclic) bond motifs is 1. The molecule has 0 radical (unpaired) electrons. The Morgan fingerprint density at radius 2 is 1.89 bits per heavy atom. The third-order valence-electron chi connectivity index (χ3n) is 3.49. The van der Waals surface area contributed by atoms with Gasteiger partial charge in [0.1, 0.15) is 5.84 Å². The molecule has 0 aliphatic carbocycles. The lowest BCUT2D eigenvalue weighted by molar-refractivity contribution is 0.0777. The Hall–Kier alpha value is -0.970. The molecule has 1 aromatic rings. The average molecular weight is 286 g/mol. The summed E-state index contributed by atoms with van der Waals surface area (Å²) in [6.07, 6.45) is 1.62. The van der Waals surface area contributed by atoms with E-state index in [1.165, 1.54) is 0 Å². The molecular formula is C12H13Cl2N3O. The Morgan fingerprint density at radius 1 is 1.22 bits per heavy atom. The number of aliphatic imine (C=N–C) groups is 1. The van der Waals surface area contributed by atoms with Crippen molar-refractivity contribution >= 4 is 40.4 Å². The van der Waals surface area contributed by atoms with Crippen molar-refractivity contribution in [3.63, 3.8) is 0 Å². The lowest BCUT2D eigenvalue weighted by atomic mass is 9.87. The van der Waals surface area contributed by atoms with Gasteiger partial charge in [0.25, 0.3) is 0 Å². The first kappa shape index (κ1) is 12.1.